The Balaban J connectivity index is 1.24. The molecule has 3 aromatic rings. The summed E-state index contributed by atoms with van der Waals surface area (Å²) in [6, 6.07) is 19.5. The molecule has 6 nitrogen and oxygen atoms in total. The summed E-state index contributed by atoms with van der Waals surface area (Å²) in [6.45, 7) is 7.79. The van der Waals surface area contributed by atoms with Gasteiger partial charge in [-0.15, -0.1) is 0 Å². The molecular weight excluding hydrogens is 376 g/mol. The third-order valence-corrected chi connectivity index (χ3v) is 5.34. The lowest BCUT2D eigenvalue weighted by Gasteiger charge is -2.36. The lowest BCUT2D eigenvalue weighted by Crippen LogP contribution is -2.46. The molecule has 0 unspecified atom stereocenters. The number of para-hydroxylation sites is 1. The Morgan fingerprint density at radius 3 is 2.40 bits per heavy atom. The molecule has 0 aliphatic carbocycles. The van der Waals surface area contributed by atoms with E-state index in [9.17, 15) is 5.11 Å². The van der Waals surface area contributed by atoms with Gasteiger partial charge >= 0.3 is 0 Å². The van der Waals surface area contributed by atoms with Crippen molar-refractivity contribution in [3.05, 3.63) is 66.5 Å². The number of hydrogen-bond acceptors (Lipinski definition) is 6. The van der Waals surface area contributed by atoms with Gasteiger partial charge in [0.05, 0.1) is 12.3 Å². The van der Waals surface area contributed by atoms with E-state index in [1.807, 2.05) is 25.1 Å². The smallest absolute Gasteiger partial charge is 0.217 e. The standard InChI is InChI=1S/C24H28N4O2/c1-19-25-23(20-8-10-22(29)11-9-20)18-24(26-19)30-17-5-12-27-13-15-28(16-14-27)21-6-3-2-4-7-21/h2-4,6-11,18,29H,5,12-17H2,1H3. The Labute approximate surface area is 177 Å². The number of aromatic hydroxyl groups is 1. The summed E-state index contributed by atoms with van der Waals surface area (Å²) in [5.74, 6) is 1.51. The molecule has 1 N–H and O–H groups in total. The minimum atomic E-state index is 0.241. The van der Waals surface area contributed by atoms with Gasteiger partial charge in [0.15, 0.2) is 0 Å². The second-order valence-electron chi connectivity index (χ2n) is 7.55. The van der Waals surface area contributed by atoms with Crippen molar-refractivity contribution < 1.29 is 9.84 Å². The van der Waals surface area contributed by atoms with Gasteiger partial charge in [0.1, 0.15) is 11.6 Å². The van der Waals surface area contributed by atoms with Crippen LogP contribution < -0.4 is 9.64 Å². The minimum Gasteiger partial charge on any atom is -0.508 e. The molecule has 0 atom stereocenters. The van der Waals surface area contributed by atoms with Crippen LogP contribution in [0.2, 0.25) is 0 Å². The molecule has 2 heterocycles. The molecule has 1 aliphatic rings. The number of anilines is 1. The van der Waals surface area contributed by atoms with E-state index in [-0.39, 0.29) is 5.75 Å². The first kappa shape index (κ1) is 20.2. The molecule has 30 heavy (non-hydrogen) atoms. The molecule has 1 aliphatic heterocycles. The van der Waals surface area contributed by atoms with Crippen molar-refractivity contribution in [2.24, 2.45) is 0 Å². The number of phenolic OH excluding ortho intramolecular Hbond substituents is 1. The molecule has 0 spiro atoms. The third kappa shape index (κ3) is 5.27. The van der Waals surface area contributed by atoms with Gasteiger partial charge in [-0.2, -0.15) is 4.98 Å². The van der Waals surface area contributed by atoms with Crippen LogP contribution in [0.4, 0.5) is 5.69 Å². The molecule has 156 valence electrons. The maximum Gasteiger partial charge on any atom is 0.217 e. The first-order valence-corrected chi connectivity index (χ1v) is 10.5. The number of phenols is 1. The summed E-state index contributed by atoms with van der Waals surface area (Å²) in [6.07, 6.45) is 0.961. The Hall–Kier alpha value is -3.12. The molecule has 4 rings (SSSR count). The van der Waals surface area contributed by atoms with Gasteiger partial charge < -0.3 is 14.7 Å². The summed E-state index contributed by atoms with van der Waals surface area (Å²) in [4.78, 5) is 13.8. The van der Waals surface area contributed by atoms with Crippen LogP contribution in [-0.2, 0) is 0 Å². The fourth-order valence-electron chi connectivity index (χ4n) is 3.73. The van der Waals surface area contributed by atoms with Crippen molar-refractivity contribution >= 4 is 5.69 Å². The highest BCUT2D eigenvalue weighted by atomic mass is 16.5. The predicted molar refractivity (Wildman–Crippen MR) is 119 cm³/mol. The zero-order valence-corrected chi connectivity index (χ0v) is 17.4. The minimum absolute atomic E-state index is 0.241. The molecule has 0 radical (unpaired) electrons. The molecule has 0 amide bonds. The first-order chi connectivity index (χ1) is 14.7. The predicted octanol–water partition coefficient (Wildman–Crippen LogP) is 3.75. The zero-order valence-electron chi connectivity index (χ0n) is 17.4. The highest BCUT2D eigenvalue weighted by Gasteiger charge is 2.16. The van der Waals surface area contributed by atoms with Crippen LogP contribution in [-0.4, -0.2) is 59.3 Å². The van der Waals surface area contributed by atoms with Crippen molar-refractivity contribution in [2.75, 3.05) is 44.2 Å². The number of nitrogens with zero attached hydrogens (tertiary/aromatic N) is 4. The molecule has 0 saturated carbocycles. The molecule has 1 aromatic heterocycles. The van der Waals surface area contributed by atoms with Crippen LogP contribution in [0, 0.1) is 6.92 Å². The van der Waals surface area contributed by atoms with E-state index in [1.165, 1.54) is 5.69 Å². The van der Waals surface area contributed by atoms with Crippen molar-refractivity contribution in [1.82, 2.24) is 14.9 Å². The van der Waals surface area contributed by atoms with E-state index in [0.717, 1.165) is 50.4 Å². The van der Waals surface area contributed by atoms with E-state index in [0.29, 0.717) is 18.3 Å². The molecule has 2 aromatic carbocycles. The number of benzene rings is 2. The fourth-order valence-corrected chi connectivity index (χ4v) is 3.73. The number of ether oxygens (including phenoxy) is 1. The summed E-state index contributed by atoms with van der Waals surface area (Å²) < 4.78 is 5.92. The zero-order chi connectivity index (χ0) is 20.8. The number of aromatic nitrogens is 2. The van der Waals surface area contributed by atoms with Crippen LogP contribution in [0.25, 0.3) is 11.3 Å². The van der Waals surface area contributed by atoms with E-state index in [4.69, 9.17) is 4.74 Å². The molecule has 6 heteroatoms. The Kier molecular flexibility index (Phi) is 6.44. The summed E-state index contributed by atoms with van der Waals surface area (Å²) >= 11 is 0. The van der Waals surface area contributed by atoms with E-state index in [1.54, 1.807) is 12.1 Å². The molecule has 1 fully saturated rings. The topological polar surface area (TPSA) is 61.7 Å². The fraction of sp³-hybridized carbons (Fsp3) is 0.333. The Morgan fingerprint density at radius 2 is 1.67 bits per heavy atom. The quantitative estimate of drug-likeness (QED) is 0.605. The highest BCUT2D eigenvalue weighted by molar-refractivity contribution is 5.60. The van der Waals surface area contributed by atoms with Gasteiger partial charge in [0.2, 0.25) is 5.88 Å². The van der Waals surface area contributed by atoms with Crippen LogP contribution in [0.5, 0.6) is 11.6 Å². The Bertz CT molecular complexity index is 939. The van der Waals surface area contributed by atoms with Gasteiger partial charge in [-0.25, -0.2) is 4.98 Å². The Morgan fingerprint density at radius 1 is 0.933 bits per heavy atom. The molecular formula is C24H28N4O2. The summed E-state index contributed by atoms with van der Waals surface area (Å²) in [5, 5.41) is 9.47. The lowest BCUT2D eigenvalue weighted by atomic mass is 10.1. The van der Waals surface area contributed by atoms with Crippen LogP contribution in [0.15, 0.2) is 60.7 Å². The van der Waals surface area contributed by atoms with Crippen molar-refractivity contribution in [1.29, 1.82) is 0 Å². The van der Waals surface area contributed by atoms with Gasteiger partial charge in [-0.3, -0.25) is 4.90 Å². The number of rotatable bonds is 7. The van der Waals surface area contributed by atoms with Crippen LogP contribution in [0.1, 0.15) is 12.2 Å². The summed E-state index contributed by atoms with van der Waals surface area (Å²) in [7, 11) is 0. The monoisotopic (exact) mass is 404 g/mol. The number of hydrogen-bond donors (Lipinski definition) is 1. The van der Waals surface area contributed by atoms with E-state index in [2.05, 4.69) is 50.1 Å². The second-order valence-corrected chi connectivity index (χ2v) is 7.55. The van der Waals surface area contributed by atoms with E-state index < -0.39 is 0 Å². The molecule has 0 bridgehead atoms. The first-order valence-electron chi connectivity index (χ1n) is 10.5. The van der Waals surface area contributed by atoms with E-state index >= 15 is 0 Å². The highest BCUT2D eigenvalue weighted by Crippen LogP contribution is 2.23. The van der Waals surface area contributed by atoms with Gasteiger partial charge in [0, 0.05) is 50.0 Å². The number of piperazine rings is 1. The van der Waals surface area contributed by atoms with Crippen LogP contribution in [0.3, 0.4) is 0 Å². The maximum atomic E-state index is 9.47. The second kappa shape index (κ2) is 9.59. The van der Waals surface area contributed by atoms with Gasteiger partial charge in [-0.05, 0) is 49.7 Å². The van der Waals surface area contributed by atoms with Crippen molar-refractivity contribution in [2.45, 2.75) is 13.3 Å². The maximum absolute atomic E-state index is 9.47. The number of aryl methyl sites for hydroxylation is 1. The molecule has 1 saturated heterocycles. The SMILES string of the molecule is Cc1nc(OCCCN2CCN(c3ccccc3)CC2)cc(-c2ccc(O)cc2)n1. The average Bonchev–Trinajstić information content (AvgIpc) is 2.78. The van der Waals surface area contributed by atoms with Crippen molar-refractivity contribution in [3.8, 4) is 22.9 Å². The summed E-state index contributed by atoms with van der Waals surface area (Å²) in [5.41, 5.74) is 3.04. The van der Waals surface area contributed by atoms with Gasteiger partial charge in [0.25, 0.3) is 0 Å². The normalized spacial score (nSPS) is 14.6. The largest absolute Gasteiger partial charge is 0.508 e. The van der Waals surface area contributed by atoms with Crippen molar-refractivity contribution in [3.63, 3.8) is 0 Å². The average molecular weight is 405 g/mol. The van der Waals surface area contributed by atoms with Crippen LogP contribution >= 0.6 is 0 Å². The third-order valence-electron chi connectivity index (χ3n) is 5.34. The van der Waals surface area contributed by atoms with Gasteiger partial charge in [-0.1, -0.05) is 18.2 Å². The lowest BCUT2D eigenvalue weighted by molar-refractivity contribution is 0.221.